The van der Waals surface area contributed by atoms with Gasteiger partial charge in [-0.05, 0) is 44.8 Å². The van der Waals surface area contributed by atoms with Crippen LogP contribution >= 0.6 is 11.6 Å². The Labute approximate surface area is 148 Å². The van der Waals surface area contributed by atoms with Crippen LogP contribution in [0.5, 0.6) is 0 Å². The number of nitrogens with zero attached hydrogens (tertiary/aromatic N) is 2. The number of carbonyl (C=O) groups is 1. The summed E-state index contributed by atoms with van der Waals surface area (Å²) in [6.07, 6.45) is 4.18. The number of hydrogen-bond donors (Lipinski definition) is 2. The third-order valence-electron chi connectivity index (χ3n) is 3.51. The molecule has 6 heteroatoms. The van der Waals surface area contributed by atoms with E-state index in [0.29, 0.717) is 23.7 Å². The number of carbonyl (C=O) groups excluding carboxylic acids is 1. The number of amides is 1. The van der Waals surface area contributed by atoms with Crippen LogP contribution in [0, 0.1) is 0 Å². The molecule has 0 bridgehead atoms. The SMILES string of the molecule is CN(C)CCCNC(=O)c1cncc(NCc2ccccc2Cl)c1. The van der Waals surface area contributed by atoms with Gasteiger partial charge in [-0.3, -0.25) is 9.78 Å². The molecule has 2 rings (SSSR count). The molecule has 2 aromatic rings. The first kappa shape index (κ1) is 18.2. The number of anilines is 1. The van der Waals surface area contributed by atoms with Crippen LogP contribution < -0.4 is 10.6 Å². The molecule has 0 saturated carbocycles. The average molecular weight is 347 g/mol. The van der Waals surface area contributed by atoms with Gasteiger partial charge in [-0.1, -0.05) is 29.8 Å². The molecule has 0 aliphatic rings. The predicted octanol–water partition coefficient (Wildman–Crippen LogP) is 3.03. The summed E-state index contributed by atoms with van der Waals surface area (Å²) in [5, 5.41) is 6.87. The van der Waals surface area contributed by atoms with Gasteiger partial charge in [0, 0.05) is 30.5 Å². The summed E-state index contributed by atoms with van der Waals surface area (Å²) >= 11 is 6.14. The Morgan fingerprint density at radius 3 is 2.79 bits per heavy atom. The summed E-state index contributed by atoms with van der Waals surface area (Å²) in [5.74, 6) is -0.109. The first-order valence-corrected chi connectivity index (χ1v) is 8.29. The number of pyridine rings is 1. The maximum absolute atomic E-state index is 12.2. The molecule has 0 fully saturated rings. The van der Waals surface area contributed by atoms with Crippen molar-refractivity contribution in [2.75, 3.05) is 32.5 Å². The second-order valence-corrected chi connectivity index (χ2v) is 6.23. The molecule has 0 unspecified atom stereocenters. The van der Waals surface area contributed by atoms with Crippen molar-refractivity contribution in [3.05, 3.63) is 58.9 Å². The van der Waals surface area contributed by atoms with Crippen LogP contribution in [0.1, 0.15) is 22.3 Å². The fourth-order valence-electron chi connectivity index (χ4n) is 2.20. The highest BCUT2D eigenvalue weighted by molar-refractivity contribution is 6.31. The summed E-state index contributed by atoms with van der Waals surface area (Å²) in [6.45, 7) is 2.17. The molecule has 0 aliphatic carbocycles. The zero-order chi connectivity index (χ0) is 17.4. The van der Waals surface area contributed by atoms with Crippen LogP contribution in [0.4, 0.5) is 5.69 Å². The summed E-state index contributed by atoms with van der Waals surface area (Å²) < 4.78 is 0. The summed E-state index contributed by atoms with van der Waals surface area (Å²) in [5.41, 5.74) is 2.33. The fraction of sp³-hybridized carbons (Fsp3) is 0.333. The Hall–Kier alpha value is -2.11. The van der Waals surface area contributed by atoms with Crippen molar-refractivity contribution in [2.45, 2.75) is 13.0 Å². The minimum absolute atomic E-state index is 0.109. The number of benzene rings is 1. The van der Waals surface area contributed by atoms with Crippen molar-refractivity contribution in [2.24, 2.45) is 0 Å². The second-order valence-electron chi connectivity index (χ2n) is 5.82. The van der Waals surface area contributed by atoms with E-state index in [2.05, 4.69) is 20.5 Å². The number of rotatable bonds is 8. The van der Waals surface area contributed by atoms with E-state index >= 15 is 0 Å². The third kappa shape index (κ3) is 5.83. The van der Waals surface area contributed by atoms with Crippen LogP contribution in [0.15, 0.2) is 42.7 Å². The molecule has 1 amide bonds. The average Bonchev–Trinajstić information content (AvgIpc) is 2.58. The molecule has 24 heavy (non-hydrogen) atoms. The Bertz CT molecular complexity index is 676. The largest absolute Gasteiger partial charge is 0.380 e. The number of aromatic nitrogens is 1. The monoisotopic (exact) mass is 346 g/mol. The van der Waals surface area contributed by atoms with Crippen LogP contribution in [-0.2, 0) is 6.54 Å². The standard InChI is InChI=1S/C18H23ClN4O/c1-23(2)9-5-8-21-18(24)15-10-16(13-20-11-15)22-12-14-6-3-4-7-17(14)19/h3-4,6-7,10-11,13,22H,5,8-9,12H2,1-2H3,(H,21,24). The minimum atomic E-state index is -0.109. The zero-order valence-electron chi connectivity index (χ0n) is 14.1. The molecule has 0 atom stereocenters. The maximum atomic E-state index is 12.2. The van der Waals surface area contributed by atoms with E-state index in [1.807, 2.05) is 38.4 Å². The van der Waals surface area contributed by atoms with Crippen LogP contribution in [0.2, 0.25) is 5.02 Å². The van der Waals surface area contributed by atoms with Gasteiger partial charge in [0.2, 0.25) is 0 Å². The summed E-state index contributed by atoms with van der Waals surface area (Å²) in [6, 6.07) is 9.46. The predicted molar refractivity (Wildman–Crippen MR) is 98.5 cm³/mol. The molecule has 128 valence electrons. The first-order chi connectivity index (χ1) is 11.6. The zero-order valence-corrected chi connectivity index (χ0v) is 14.8. The maximum Gasteiger partial charge on any atom is 0.252 e. The van der Waals surface area contributed by atoms with Crippen molar-refractivity contribution in [1.82, 2.24) is 15.2 Å². The number of hydrogen-bond acceptors (Lipinski definition) is 4. The number of nitrogens with one attached hydrogen (secondary N) is 2. The van der Waals surface area contributed by atoms with Gasteiger partial charge in [-0.2, -0.15) is 0 Å². The molecule has 0 radical (unpaired) electrons. The molecule has 0 saturated heterocycles. The third-order valence-corrected chi connectivity index (χ3v) is 3.88. The van der Waals surface area contributed by atoms with Gasteiger partial charge in [0.25, 0.3) is 5.91 Å². The van der Waals surface area contributed by atoms with Gasteiger partial charge in [-0.15, -0.1) is 0 Å². The topological polar surface area (TPSA) is 57.3 Å². The Kier molecular flexibility index (Phi) is 7.03. The van der Waals surface area contributed by atoms with Crippen molar-refractivity contribution in [3.8, 4) is 0 Å². The molecule has 2 N–H and O–H groups in total. The quantitative estimate of drug-likeness (QED) is 0.721. The van der Waals surface area contributed by atoms with Crippen LogP contribution in [0.25, 0.3) is 0 Å². The second kappa shape index (κ2) is 9.25. The van der Waals surface area contributed by atoms with Crippen LogP contribution in [-0.4, -0.2) is 43.0 Å². The molecular formula is C18H23ClN4O. The van der Waals surface area contributed by atoms with Gasteiger partial charge < -0.3 is 15.5 Å². The van der Waals surface area contributed by atoms with E-state index in [-0.39, 0.29) is 5.91 Å². The molecule has 0 aliphatic heterocycles. The molecule has 5 nitrogen and oxygen atoms in total. The van der Waals surface area contributed by atoms with Crippen molar-refractivity contribution < 1.29 is 4.79 Å². The Balaban J connectivity index is 1.89. The molecule has 1 aromatic heterocycles. The summed E-state index contributed by atoms with van der Waals surface area (Å²) in [4.78, 5) is 18.4. The van der Waals surface area contributed by atoms with E-state index in [1.165, 1.54) is 0 Å². The van der Waals surface area contributed by atoms with E-state index in [0.717, 1.165) is 24.2 Å². The van der Waals surface area contributed by atoms with E-state index in [4.69, 9.17) is 11.6 Å². The smallest absolute Gasteiger partial charge is 0.252 e. The molecule has 1 heterocycles. The fourth-order valence-corrected chi connectivity index (χ4v) is 2.40. The normalized spacial score (nSPS) is 10.7. The highest BCUT2D eigenvalue weighted by Gasteiger charge is 2.07. The van der Waals surface area contributed by atoms with Gasteiger partial charge in [0.1, 0.15) is 0 Å². The minimum Gasteiger partial charge on any atom is -0.380 e. The molecule has 0 spiro atoms. The van der Waals surface area contributed by atoms with Crippen molar-refractivity contribution in [1.29, 1.82) is 0 Å². The Morgan fingerprint density at radius 2 is 2.04 bits per heavy atom. The van der Waals surface area contributed by atoms with Gasteiger partial charge in [0.15, 0.2) is 0 Å². The lowest BCUT2D eigenvalue weighted by Crippen LogP contribution is -2.27. The lowest BCUT2D eigenvalue weighted by Gasteiger charge is -2.11. The van der Waals surface area contributed by atoms with Crippen molar-refractivity contribution in [3.63, 3.8) is 0 Å². The van der Waals surface area contributed by atoms with Crippen LogP contribution in [0.3, 0.4) is 0 Å². The number of halogens is 1. The molecule has 1 aromatic carbocycles. The first-order valence-electron chi connectivity index (χ1n) is 7.91. The Morgan fingerprint density at radius 1 is 1.25 bits per heavy atom. The van der Waals surface area contributed by atoms with Crippen molar-refractivity contribution >= 4 is 23.2 Å². The van der Waals surface area contributed by atoms with Gasteiger partial charge >= 0.3 is 0 Å². The highest BCUT2D eigenvalue weighted by atomic mass is 35.5. The van der Waals surface area contributed by atoms with E-state index in [1.54, 1.807) is 18.5 Å². The molecular weight excluding hydrogens is 324 g/mol. The van der Waals surface area contributed by atoms with E-state index < -0.39 is 0 Å². The highest BCUT2D eigenvalue weighted by Crippen LogP contribution is 2.17. The van der Waals surface area contributed by atoms with Gasteiger partial charge in [-0.25, -0.2) is 0 Å². The summed E-state index contributed by atoms with van der Waals surface area (Å²) in [7, 11) is 4.03. The lowest BCUT2D eigenvalue weighted by molar-refractivity contribution is 0.0952. The van der Waals surface area contributed by atoms with Gasteiger partial charge in [0.05, 0.1) is 11.3 Å². The van der Waals surface area contributed by atoms with E-state index in [9.17, 15) is 4.79 Å². The lowest BCUT2D eigenvalue weighted by atomic mass is 10.2.